The molecule has 9 nitrogen and oxygen atoms in total. The standard InChI is InChI=1S/C24H22N6O3S/c1-15-16(2)34-24(19(15)12-25)26-22(31)13-30-28-23(27-29-30)18-9-10-20(21(11-18)32-3)33-14-17-7-5-4-6-8-17/h4-11H,13-14H2,1-3H3,(H,26,31). The van der Waals surface area contributed by atoms with E-state index in [2.05, 4.69) is 26.8 Å². The van der Waals surface area contributed by atoms with Crippen LogP contribution in [-0.4, -0.2) is 33.2 Å². The molecule has 1 N–H and O–H groups in total. The van der Waals surface area contributed by atoms with E-state index in [4.69, 9.17) is 9.47 Å². The lowest BCUT2D eigenvalue weighted by Gasteiger charge is -2.11. The van der Waals surface area contributed by atoms with Crippen LogP contribution >= 0.6 is 11.3 Å². The summed E-state index contributed by atoms with van der Waals surface area (Å²) in [7, 11) is 1.56. The zero-order valence-corrected chi connectivity index (χ0v) is 19.7. The van der Waals surface area contributed by atoms with Crippen molar-refractivity contribution in [1.82, 2.24) is 20.2 Å². The van der Waals surface area contributed by atoms with Crippen molar-refractivity contribution in [2.24, 2.45) is 0 Å². The predicted octanol–water partition coefficient (Wildman–Crippen LogP) is 4.12. The first-order valence-corrected chi connectivity index (χ1v) is 11.2. The molecule has 2 heterocycles. The molecule has 0 spiro atoms. The van der Waals surface area contributed by atoms with Gasteiger partial charge in [0.1, 0.15) is 24.2 Å². The summed E-state index contributed by atoms with van der Waals surface area (Å²) in [6.45, 7) is 4.05. The maximum atomic E-state index is 12.5. The van der Waals surface area contributed by atoms with Gasteiger partial charge in [0.15, 0.2) is 11.5 Å². The van der Waals surface area contributed by atoms with Gasteiger partial charge in [0.05, 0.1) is 12.7 Å². The van der Waals surface area contributed by atoms with E-state index in [0.717, 1.165) is 16.0 Å². The van der Waals surface area contributed by atoms with Gasteiger partial charge in [-0.25, -0.2) is 0 Å². The van der Waals surface area contributed by atoms with Gasteiger partial charge in [-0.2, -0.15) is 10.1 Å². The molecule has 172 valence electrons. The lowest BCUT2D eigenvalue weighted by atomic mass is 10.2. The van der Waals surface area contributed by atoms with Crippen LogP contribution < -0.4 is 14.8 Å². The average molecular weight is 475 g/mol. The Bertz CT molecular complexity index is 1360. The van der Waals surface area contributed by atoms with Crippen LogP contribution in [0, 0.1) is 25.2 Å². The molecule has 2 aromatic heterocycles. The van der Waals surface area contributed by atoms with Crippen molar-refractivity contribution >= 4 is 22.2 Å². The number of hydrogen-bond donors (Lipinski definition) is 1. The van der Waals surface area contributed by atoms with Crippen LogP contribution in [0.4, 0.5) is 5.00 Å². The number of benzene rings is 2. The van der Waals surface area contributed by atoms with E-state index in [1.165, 1.54) is 16.1 Å². The largest absolute Gasteiger partial charge is 0.493 e. The van der Waals surface area contributed by atoms with Crippen LogP contribution in [0.15, 0.2) is 48.5 Å². The Labute approximate surface area is 200 Å². The predicted molar refractivity (Wildman–Crippen MR) is 128 cm³/mol. The van der Waals surface area contributed by atoms with Gasteiger partial charge >= 0.3 is 0 Å². The van der Waals surface area contributed by atoms with Gasteiger partial charge in [-0.15, -0.1) is 21.5 Å². The molecule has 10 heteroatoms. The maximum absolute atomic E-state index is 12.5. The quantitative estimate of drug-likeness (QED) is 0.408. The molecule has 0 bridgehead atoms. The fourth-order valence-corrected chi connectivity index (χ4v) is 4.26. The summed E-state index contributed by atoms with van der Waals surface area (Å²) in [4.78, 5) is 14.7. The molecule has 0 unspecified atom stereocenters. The second kappa shape index (κ2) is 10.1. The fraction of sp³-hybridized carbons (Fsp3) is 0.208. The lowest BCUT2D eigenvalue weighted by molar-refractivity contribution is -0.117. The van der Waals surface area contributed by atoms with Crippen LogP contribution in [0.25, 0.3) is 11.4 Å². The van der Waals surface area contributed by atoms with Crippen molar-refractivity contribution in [1.29, 1.82) is 5.26 Å². The lowest BCUT2D eigenvalue weighted by Crippen LogP contribution is -2.20. The number of nitriles is 1. The molecular weight excluding hydrogens is 452 g/mol. The number of amides is 1. The zero-order chi connectivity index (χ0) is 24.1. The zero-order valence-electron chi connectivity index (χ0n) is 18.9. The third-order valence-electron chi connectivity index (χ3n) is 5.15. The van der Waals surface area contributed by atoms with Gasteiger partial charge in [0.25, 0.3) is 0 Å². The Hall–Kier alpha value is -4.23. The summed E-state index contributed by atoms with van der Waals surface area (Å²) >= 11 is 1.37. The van der Waals surface area contributed by atoms with E-state index in [-0.39, 0.29) is 12.5 Å². The van der Waals surface area contributed by atoms with Crippen LogP contribution in [-0.2, 0) is 17.9 Å². The fourth-order valence-electron chi connectivity index (χ4n) is 3.23. The van der Waals surface area contributed by atoms with Gasteiger partial charge in [0, 0.05) is 10.4 Å². The summed E-state index contributed by atoms with van der Waals surface area (Å²) in [5.41, 5.74) is 3.07. The highest BCUT2D eigenvalue weighted by Crippen LogP contribution is 2.32. The van der Waals surface area contributed by atoms with Crippen molar-refractivity contribution in [3.8, 4) is 29.0 Å². The number of nitrogens with zero attached hydrogens (tertiary/aromatic N) is 5. The summed E-state index contributed by atoms with van der Waals surface area (Å²) in [5.74, 6) is 1.14. The van der Waals surface area contributed by atoms with Gasteiger partial charge in [-0.1, -0.05) is 30.3 Å². The topological polar surface area (TPSA) is 115 Å². The van der Waals surface area contributed by atoms with Crippen molar-refractivity contribution in [2.45, 2.75) is 27.0 Å². The summed E-state index contributed by atoms with van der Waals surface area (Å²) in [6.07, 6.45) is 0. The normalized spacial score (nSPS) is 10.5. The Kier molecular flexibility index (Phi) is 6.85. The molecule has 0 saturated carbocycles. The highest BCUT2D eigenvalue weighted by atomic mass is 32.1. The highest BCUT2D eigenvalue weighted by molar-refractivity contribution is 7.16. The first-order chi connectivity index (χ1) is 16.5. The molecule has 1 amide bonds. The van der Waals surface area contributed by atoms with Gasteiger partial charge in [0.2, 0.25) is 11.7 Å². The van der Waals surface area contributed by atoms with E-state index in [1.807, 2.05) is 44.2 Å². The van der Waals surface area contributed by atoms with E-state index >= 15 is 0 Å². The van der Waals surface area contributed by atoms with Crippen molar-refractivity contribution in [2.75, 3.05) is 12.4 Å². The number of rotatable bonds is 8. The first-order valence-electron chi connectivity index (χ1n) is 10.4. The minimum atomic E-state index is -0.344. The van der Waals surface area contributed by atoms with E-state index in [9.17, 15) is 10.1 Å². The number of thiophene rings is 1. The molecule has 0 atom stereocenters. The summed E-state index contributed by atoms with van der Waals surface area (Å²) < 4.78 is 11.4. The monoisotopic (exact) mass is 474 g/mol. The van der Waals surface area contributed by atoms with Crippen molar-refractivity contribution < 1.29 is 14.3 Å². The molecule has 0 radical (unpaired) electrons. The van der Waals surface area contributed by atoms with Crippen molar-refractivity contribution in [3.63, 3.8) is 0 Å². The summed E-state index contributed by atoms with van der Waals surface area (Å²) in [5, 5.41) is 25.0. The van der Waals surface area contributed by atoms with Crippen LogP contribution in [0.1, 0.15) is 21.6 Å². The van der Waals surface area contributed by atoms with E-state index < -0.39 is 0 Å². The average Bonchev–Trinajstić information content (AvgIpc) is 3.41. The number of methoxy groups -OCH3 is 1. The van der Waals surface area contributed by atoms with Gasteiger partial charge < -0.3 is 14.8 Å². The molecule has 0 saturated heterocycles. The number of aromatic nitrogens is 4. The number of carbonyl (C=O) groups excluding carboxylic acids is 1. The molecular formula is C24H22N6O3S. The molecule has 0 aliphatic rings. The maximum Gasteiger partial charge on any atom is 0.248 e. The first kappa shape index (κ1) is 22.9. The number of hydrogen-bond acceptors (Lipinski definition) is 8. The smallest absolute Gasteiger partial charge is 0.248 e. The molecule has 0 fully saturated rings. The number of aryl methyl sites for hydroxylation is 1. The Morgan fingerprint density at radius 2 is 1.97 bits per heavy atom. The van der Waals surface area contributed by atoms with Crippen LogP contribution in [0.2, 0.25) is 0 Å². The SMILES string of the molecule is COc1cc(-c2nnn(CC(=O)Nc3sc(C)c(C)c3C#N)n2)ccc1OCc1ccccc1. The number of tetrazole rings is 1. The minimum absolute atomic E-state index is 0.136. The van der Waals surface area contributed by atoms with Crippen molar-refractivity contribution in [3.05, 3.63) is 70.1 Å². The third kappa shape index (κ3) is 5.05. The molecule has 2 aromatic carbocycles. The van der Waals surface area contributed by atoms with Crippen LogP contribution in [0.3, 0.4) is 0 Å². The second-order valence-corrected chi connectivity index (χ2v) is 8.66. The highest BCUT2D eigenvalue weighted by Gasteiger charge is 2.17. The minimum Gasteiger partial charge on any atom is -0.493 e. The number of anilines is 1. The Balaban J connectivity index is 1.43. The third-order valence-corrected chi connectivity index (χ3v) is 6.27. The number of carbonyl (C=O) groups is 1. The van der Waals surface area contributed by atoms with Gasteiger partial charge in [-0.3, -0.25) is 4.79 Å². The molecule has 4 rings (SSSR count). The number of nitrogens with one attached hydrogen (secondary N) is 1. The van der Waals surface area contributed by atoms with Crippen LogP contribution in [0.5, 0.6) is 11.5 Å². The van der Waals surface area contributed by atoms with E-state index in [0.29, 0.717) is 40.1 Å². The van der Waals surface area contributed by atoms with Gasteiger partial charge in [-0.05, 0) is 48.4 Å². The molecule has 0 aliphatic carbocycles. The molecule has 34 heavy (non-hydrogen) atoms. The Morgan fingerprint density at radius 1 is 1.18 bits per heavy atom. The second-order valence-electron chi connectivity index (χ2n) is 7.43. The molecule has 4 aromatic rings. The summed E-state index contributed by atoms with van der Waals surface area (Å²) in [6, 6.07) is 17.3. The molecule has 0 aliphatic heterocycles. The van der Waals surface area contributed by atoms with E-state index in [1.54, 1.807) is 25.3 Å². The Morgan fingerprint density at radius 3 is 2.71 bits per heavy atom. The number of ether oxygens (including phenoxy) is 2.